The summed E-state index contributed by atoms with van der Waals surface area (Å²) in [6.45, 7) is 10.8. The van der Waals surface area contributed by atoms with Crippen molar-refractivity contribution >= 4 is 39.2 Å². The third kappa shape index (κ3) is 4.19. The van der Waals surface area contributed by atoms with Crippen molar-refractivity contribution in [3.63, 3.8) is 0 Å². The van der Waals surface area contributed by atoms with Gasteiger partial charge in [0, 0.05) is 18.5 Å². The van der Waals surface area contributed by atoms with Crippen LogP contribution in [0.3, 0.4) is 0 Å². The van der Waals surface area contributed by atoms with Gasteiger partial charge in [-0.2, -0.15) is 0 Å². The topological polar surface area (TPSA) is 66.1 Å². The first kappa shape index (κ1) is 19.0. The SMILES string of the molecule is Cc1sc2nc(CSC(C)C(=O)N(C)CC(C)C)[nH]c(=O)c2c1C. The molecule has 0 aromatic carbocycles. The highest BCUT2D eigenvalue weighted by molar-refractivity contribution is 7.99. The van der Waals surface area contributed by atoms with Crippen molar-refractivity contribution in [2.45, 2.75) is 45.6 Å². The number of hydrogen-bond donors (Lipinski definition) is 1. The second kappa shape index (κ2) is 7.70. The lowest BCUT2D eigenvalue weighted by molar-refractivity contribution is -0.129. The third-order valence-electron chi connectivity index (χ3n) is 3.92. The first-order chi connectivity index (χ1) is 11.2. The Hall–Kier alpha value is -1.34. The van der Waals surface area contributed by atoms with E-state index in [1.54, 1.807) is 16.2 Å². The van der Waals surface area contributed by atoms with Crippen molar-refractivity contribution in [1.82, 2.24) is 14.9 Å². The molecule has 2 heterocycles. The lowest BCUT2D eigenvalue weighted by Crippen LogP contribution is -2.35. The van der Waals surface area contributed by atoms with Gasteiger partial charge < -0.3 is 9.88 Å². The molecule has 0 aliphatic carbocycles. The second-order valence-corrected chi connectivity index (χ2v) is 9.07. The van der Waals surface area contributed by atoms with E-state index in [2.05, 4.69) is 23.8 Å². The molecule has 5 nitrogen and oxygen atoms in total. The summed E-state index contributed by atoms with van der Waals surface area (Å²) in [7, 11) is 1.84. The summed E-state index contributed by atoms with van der Waals surface area (Å²) in [5.74, 6) is 1.70. The lowest BCUT2D eigenvalue weighted by atomic mass is 10.2. The van der Waals surface area contributed by atoms with Gasteiger partial charge in [-0.05, 0) is 32.3 Å². The molecule has 1 atom stereocenters. The largest absolute Gasteiger partial charge is 0.345 e. The maximum Gasteiger partial charge on any atom is 0.259 e. The van der Waals surface area contributed by atoms with Gasteiger partial charge in [0.2, 0.25) is 5.91 Å². The van der Waals surface area contributed by atoms with Crippen LogP contribution in [0.15, 0.2) is 4.79 Å². The van der Waals surface area contributed by atoms with Crippen LogP contribution in [0.25, 0.3) is 10.2 Å². The molecular formula is C17H25N3O2S2. The number of rotatable bonds is 6. The number of thiophene rings is 1. The van der Waals surface area contributed by atoms with Crippen molar-refractivity contribution in [2.24, 2.45) is 5.92 Å². The molecule has 24 heavy (non-hydrogen) atoms. The Morgan fingerprint density at radius 2 is 2.00 bits per heavy atom. The molecule has 0 saturated carbocycles. The fourth-order valence-corrected chi connectivity index (χ4v) is 4.51. The molecule has 2 rings (SSSR count). The summed E-state index contributed by atoms with van der Waals surface area (Å²) in [5.41, 5.74) is 0.912. The minimum absolute atomic E-state index is 0.0895. The quantitative estimate of drug-likeness (QED) is 0.850. The summed E-state index contributed by atoms with van der Waals surface area (Å²) in [4.78, 5) is 35.7. The van der Waals surface area contributed by atoms with Gasteiger partial charge in [0.25, 0.3) is 5.56 Å². The van der Waals surface area contributed by atoms with Crippen LogP contribution in [0.4, 0.5) is 0 Å². The Kier molecular flexibility index (Phi) is 6.09. The van der Waals surface area contributed by atoms with Crippen molar-refractivity contribution < 1.29 is 4.79 Å². The number of aromatic nitrogens is 2. The number of fused-ring (bicyclic) bond motifs is 1. The van der Waals surface area contributed by atoms with E-state index < -0.39 is 0 Å². The molecule has 1 N–H and O–H groups in total. The van der Waals surface area contributed by atoms with Crippen molar-refractivity contribution in [3.8, 4) is 0 Å². The molecular weight excluding hydrogens is 342 g/mol. The van der Waals surface area contributed by atoms with E-state index >= 15 is 0 Å². The molecule has 2 aromatic rings. The summed E-state index contributed by atoms with van der Waals surface area (Å²) < 4.78 is 0. The van der Waals surface area contributed by atoms with Crippen LogP contribution in [0.1, 0.15) is 37.0 Å². The van der Waals surface area contributed by atoms with E-state index in [1.165, 1.54) is 11.8 Å². The average molecular weight is 368 g/mol. The Morgan fingerprint density at radius 3 is 2.62 bits per heavy atom. The number of hydrogen-bond acceptors (Lipinski definition) is 5. The number of carbonyl (C=O) groups is 1. The third-order valence-corrected chi connectivity index (χ3v) is 6.16. The maximum absolute atomic E-state index is 12.3. The Morgan fingerprint density at radius 1 is 1.33 bits per heavy atom. The molecule has 2 aromatic heterocycles. The van der Waals surface area contributed by atoms with Gasteiger partial charge in [0.1, 0.15) is 10.7 Å². The highest BCUT2D eigenvalue weighted by Crippen LogP contribution is 2.26. The van der Waals surface area contributed by atoms with Gasteiger partial charge in [-0.25, -0.2) is 4.98 Å². The number of thioether (sulfide) groups is 1. The van der Waals surface area contributed by atoms with Crippen molar-refractivity contribution in [3.05, 3.63) is 26.6 Å². The summed E-state index contributed by atoms with van der Waals surface area (Å²) in [6.07, 6.45) is 0. The molecule has 0 aliphatic heterocycles. The zero-order valence-corrected chi connectivity index (χ0v) is 16.7. The molecule has 0 radical (unpaired) electrons. The maximum atomic E-state index is 12.3. The molecule has 0 spiro atoms. The lowest BCUT2D eigenvalue weighted by Gasteiger charge is -2.22. The molecule has 1 unspecified atom stereocenters. The predicted octanol–water partition coefficient (Wildman–Crippen LogP) is 3.34. The average Bonchev–Trinajstić information content (AvgIpc) is 2.78. The Balaban J connectivity index is 2.08. The zero-order valence-electron chi connectivity index (χ0n) is 15.1. The van der Waals surface area contributed by atoms with Crippen LogP contribution in [-0.4, -0.2) is 39.6 Å². The molecule has 0 fully saturated rings. The molecule has 0 saturated heterocycles. The van der Waals surface area contributed by atoms with E-state index in [0.29, 0.717) is 22.9 Å². The summed E-state index contributed by atoms with van der Waals surface area (Å²) in [5, 5.41) is 0.522. The minimum Gasteiger partial charge on any atom is -0.345 e. The van der Waals surface area contributed by atoms with Crippen LogP contribution in [0.2, 0.25) is 0 Å². The number of H-pyrrole nitrogens is 1. The van der Waals surface area contributed by atoms with E-state index in [0.717, 1.165) is 21.8 Å². The van der Waals surface area contributed by atoms with Gasteiger partial charge in [-0.3, -0.25) is 9.59 Å². The number of aryl methyl sites for hydroxylation is 2. The number of amides is 1. The normalized spacial score (nSPS) is 12.8. The standard InChI is InChI=1S/C17H25N3O2S2/c1-9(2)7-20(6)17(22)12(5)23-8-13-18-15(21)14-10(3)11(4)24-16(14)19-13/h9,12H,7-8H2,1-6H3,(H,18,19,21). The van der Waals surface area contributed by atoms with Crippen LogP contribution in [-0.2, 0) is 10.5 Å². The zero-order chi connectivity index (χ0) is 18.0. The highest BCUT2D eigenvalue weighted by atomic mass is 32.2. The molecule has 0 aliphatic rings. The van der Waals surface area contributed by atoms with Crippen molar-refractivity contribution in [1.29, 1.82) is 0 Å². The van der Waals surface area contributed by atoms with Crippen LogP contribution in [0, 0.1) is 19.8 Å². The van der Waals surface area contributed by atoms with Gasteiger partial charge >= 0.3 is 0 Å². The number of aromatic amines is 1. The number of carbonyl (C=O) groups excluding carboxylic acids is 1. The Bertz CT molecular complexity index is 795. The Labute approximate surface area is 150 Å². The van der Waals surface area contributed by atoms with Gasteiger partial charge in [0.05, 0.1) is 16.4 Å². The van der Waals surface area contributed by atoms with Gasteiger partial charge in [0.15, 0.2) is 0 Å². The van der Waals surface area contributed by atoms with E-state index in [1.807, 2.05) is 27.8 Å². The summed E-state index contributed by atoms with van der Waals surface area (Å²) >= 11 is 3.05. The van der Waals surface area contributed by atoms with E-state index in [-0.39, 0.29) is 16.7 Å². The van der Waals surface area contributed by atoms with E-state index in [4.69, 9.17) is 0 Å². The number of nitrogens with zero attached hydrogens (tertiary/aromatic N) is 2. The smallest absolute Gasteiger partial charge is 0.259 e. The highest BCUT2D eigenvalue weighted by Gasteiger charge is 2.19. The number of nitrogens with one attached hydrogen (secondary N) is 1. The monoisotopic (exact) mass is 367 g/mol. The van der Waals surface area contributed by atoms with E-state index in [9.17, 15) is 9.59 Å². The predicted molar refractivity (Wildman–Crippen MR) is 103 cm³/mol. The fraction of sp³-hybridized carbons (Fsp3) is 0.588. The van der Waals surface area contributed by atoms with Crippen LogP contribution in [0.5, 0.6) is 0 Å². The second-order valence-electron chi connectivity index (χ2n) is 6.54. The first-order valence-corrected chi connectivity index (χ1v) is 9.92. The van der Waals surface area contributed by atoms with Gasteiger partial charge in [-0.1, -0.05) is 13.8 Å². The first-order valence-electron chi connectivity index (χ1n) is 8.06. The minimum atomic E-state index is -0.165. The van der Waals surface area contributed by atoms with Crippen LogP contribution >= 0.6 is 23.1 Å². The van der Waals surface area contributed by atoms with Gasteiger partial charge in [-0.15, -0.1) is 23.1 Å². The molecule has 1 amide bonds. The van der Waals surface area contributed by atoms with Crippen molar-refractivity contribution in [2.75, 3.05) is 13.6 Å². The molecule has 7 heteroatoms. The summed E-state index contributed by atoms with van der Waals surface area (Å²) in [6, 6.07) is 0. The molecule has 132 valence electrons. The van der Waals surface area contributed by atoms with Crippen LogP contribution < -0.4 is 5.56 Å². The molecule has 0 bridgehead atoms. The fourth-order valence-electron chi connectivity index (χ4n) is 2.59.